The molecule has 5 heteroatoms. The van der Waals surface area contributed by atoms with Crippen molar-refractivity contribution in [3.8, 4) is 0 Å². The summed E-state index contributed by atoms with van der Waals surface area (Å²) in [6.45, 7) is 6.75. The molecular formula is C69H49BN2O2. The van der Waals surface area contributed by atoms with Crippen LogP contribution in [0.3, 0.4) is 0 Å². The molecule has 4 heterocycles. The van der Waals surface area contributed by atoms with Crippen LogP contribution < -0.4 is 26.2 Å². The van der Waals surface area contributed by atoms with E-state index in [2.05, 4.69) is 267 Å². The van der Waals surface area contributed by atoms with E-state index < -0.39 is 5.41 Å². The lowest BCUT2D eigenvalue weighted by molar-refractivity contribution is 0.590. The zero-order valence-electron chi connectivity index (χ0n) is 41.4. The first-order chi connectivity index (χ1) is 36.3. The van der Waals surface area contributed by atoms with Crippen molar-refractivity contribution in [3.63, 3.8) is 0 Å². The van der Waals surface area contributed by atoms with Gasteiger partial charge in [-0.2, -0.15) is 0 Å². The Balaban J connectivity index is 1.04. The standard InChI is InChI=1S/C69H49BN2O2/c1-68(2,3)46-30-33-49(34-31-46)72-61-26-16-25-57-67(61)70(60-42-56-54-24-13-15-28-64(54)74-66(56)43-58(60)69(57,47-19-6-4-7-20-47)48-21-8-5-9-22-48)59-37-35-52(41-62(59)72)71(50-32-29-44-17-10-11-18-45(44)39-50)51-36-38-65-55(40-51)53-23-12-14-27-63(53)73-65/h4-43H,1-3H3. The van der Waals surface area contributed by atoms with Gasteiger partial charge >= 0.3 is 0 Å². The normalized spacial score (nSPS) is 13.7. The molecule has 0 spiro atoms. The molecule has 0 radical (unpaired) electrons. The lowest BCUT2D eigenvalue weighted by Crippen LogP contribution is -2.65. The number of anilines is 6. The van der Waals surface area contributed by atoms with E-state index in [-0.39, 0.29) is 12.1 Å². The number of fused-ring (bicyclic) bond motifs is 11. The number of benzene rings is 11. The van der Waals surface area contributed by atoms with Crippen molar-refractivity contribution in [2.45, 2.75) is 31.6 Å². The van der Waals surface area contributed by atoms with Crippen LogP contribution >= 0.6 is 0 Å². The molecule has 0 bridgehead atoms. The van der Waals surface area contributed by atoms with Crippen molar-refractivity contribution < 1.29 is 8.83 Å². The van der Waals surface area contributed by atoms with Gasteiger partial charge in [0, 0.05) is 55.7 Å². The Kier molecular flexibility index (Phi) is 9.20. The van der Waals surface area contributed by atoms with E-state index in [4.69, 9.17) is 8.83 Å². The minimum absolute atomic E-state index is 0.0123. The monoisotopic (exact) mass is 948 g/mol. The highest BCUT2D eigenvalue weighted by Crippen LogP contribution is 2.51. The molecule has 0 unspecified atom stereocenters. The van der Waals surface area contributed by atoms with Crippen LogP contribution in [0.1, 0.15) is 48.6 Å². The minimum atomic E-state index is -0.686. The highest BCUT2D eigenvalue weighted by molar-refractivity contribution is 6.99. The number of rotatable bonds is 6. The zero-order valence-corrected chi connectivity index (χ0v) is 41.4. The summed E-state index contributed by atoms with van der Waals surface area (Å²) >= 11 is 0. The van der Waals surface area contributed by atoms with E-state index >= 15 is 0 Å². The van der Waals surface area contributed by atoms with Crippen molar-refractivity contribution >= 4 is 112 Å². The van der Waals surface area contributed by atoms with Gasteiger partial charge in [0.25, 0.3) is 0 Å². The van der Waals surface area contributed by atoms with Gasteiger partial charge in [0.15, 0.2) is 0 Å². The predicted molar refractivity (Wildman–Crippen MR) is 310 cm³/mol. The number of para-hydroxylation sites is 2. The molecule has 350 valence electrons. The van der Waals surface area contributed by atoms with Crippen molar-refractivity contribution in [2.24, 2.45) is 0 Å². The Hall–Kier alpha value is -9.06. The Morgan fingerprint density at radius 3 is 1.70 bits per heavy atom. The van der Waals surface area contributed by atoms with E-state index in [1.807, 2.05) is 6.07 Å². The van der Waals surface area contributed by atoms with Gasteiger partial charge < -0.3 is 18.6 Å². The van der Waals surface area contributed by atoms with E-state index in [0.717, 1.165) is 72.3 Å². The van der Waals surface area contributed by atoms with Crippen LogP contribution in [0.5, 0.6) is 0 Å². The van der Waals surface area contributed by atoms with E-state index in [9.17, 15) is 0 Å². The molecule has 74 heavy (non-hydrogen) atoms. The Morgan fingerprint density at radius 2 is 0.986 bits per heavy atom. The van der Waals surface area contributed by atoms with Crippen LogP contribution in [0, 0.1) is 0 Å². The number of hydrogen-bond donors (Lipinski definition) is 0. The van der Waals surface area contributed by atoms with Crippen LogP contribution in [0.4, 0.5) is 34.1 Å². The zero-order chi connectivity index (χ0) is 49.3. The minimum Gasteiger partial charge on any atom is -0.456 e. The van der Waals surface area contributed by atoms with Gasteiger partial charge in [-0.3, -0.25) is 0 Å². The number of furan rings is 2. The lowest BCUT2D eigenvalue weighted by Gasteiger charge is -2.48. The van der Waals surface area contributed by atoms with Gasteiger partial charge in [-0.1, -0.05) is 190 Å². The summed E-state index contributed by atoms with van der Waals surface area (Å²) in [6.07, 6.45) is 0. The van der Waals surface area contributed by atoms with Gasteiger partial charge in [0.2, 0.25) is 6.71 Å². The Labute approximate surface area is 430 Å². The Bertz CT molecular complexity index is 4340. The molecule has 11 aromatic carbocycles. The maximum Gasteiger partial charge on any atom is 0.247 e. The summed E-state index contributed by atoms with van der Waals surface area (Å²) in [7, 11) is 0. The van der Waals surface area contributed by atoms with Crippen LogP contribution in [0.2, 0.25) is 0 Å². The third kappa shape index (κ3) is 6.23. The van der Waals surface area contributed by atoms with E-state index in [1.54, 1.807) is 0 Å². The molecule has 15 rings (SSSR count). The molecule has 0 N–H and O–H groups in total. The molecular weight excluding hydrogens is 900 g/mol. The molecule has 2 aliphatic rings. The fourth-order valence-electron chi connectivity index (χ4n) is 12.8. The SMILES string of the molecule is CC(C)(C)c1ccc(N2c3cc(N(c4ccc5ccccc5c4)c4ccc5oc6ccccc6c5c4)ccc3B3c4cc5c(cc4C(c4ccccc4)(c4ccccc4)c4cccc2c43)oc2ccccc25)cc1. The third-order valence-corrected chi connectivity index (χ3v) is 16.1. The first-order valence-corrected chi connectivity index (χ1v) is 25.8. The van der Waals surface area contributed by atoms with E-state index in [0.29, 0.717) is 0 Å². The maximum absolute atomic E-state index is 6.83. The summed E-state index contributed by atoms with van der Waals surface area (Å²) in [6, 6.07) is 89.6. The molecule has 0 saturated carbocycles. The molecule has 0 amide bonds. The fourth-order valence-corrected chi connectivity index (χ4v) is 12.8. The average Bonchev–Trinajstić information content (AvgIpc) is 4.12. The second kappa shape index (κ2) is 16.0. The number of nitrogens with zero attached hydrogens (tertiary/aromatic N) is 2. The average molecular weight is 949 g/mol. The quantitative estimate of drug-likeness (QED) is 0.156. The summed E-state index contributed by atoms with van der Waals surface area (Å²) < 4.78 is 13.2. The molecule has 0 fully saturated rings. The van der Waals surface area contributed by atoms with Crippen molar-refractivity contribution in [1.29, 1.82) is 0 Å². The largest absolute Gasteiger partial charge is 0.456 e. The van der Waals surface area contributed by atoms with E-state index in [1.165, 1.54) is 60.7 Å². The highest BCUT2D eigenvalue weighted by atomic mass is 16.3. The molecule has 13 aromatic rings. The fraction of sp³-hybridized carbons (Fsp3) is 0.0725. The number of hydrogen-bond acceptors (Lipinski definition) is 4. The van der Waals surface area contributed by atoms with Crippen LogP contribution in [-0.4, -0.2) is 6.71 Å². The van der Waals surface area contributed by atoms with Crippen LogP contribution in [0.15, 0.2) is 251 Å². The van der Waals surface area contributed by atoms with Gasteiger partial charge in [-0.05, 0) is 134 Å². The maximum atomic E-state index is 6.83. The summed E-state index contributed by atoms with van der Waals surface area (Å²) in [5, 5.41) is 6.81. The molecule has 0 atom stereocenters. The van der Waals surface area contributed by atoms with Crippen LogP contribution in [0.25, 0.3) is 54.6 Å². The lowest BCUT2D eigenvalue weighted by atomic mass is 9.29. The summed E-state index contributed by atoms with van der Waals surface area (Å²) in [5.74, 6) is 0. The second-order valence-corrected chi connectivity index (χ2v) is 21.2. The van der Waals surface area contributed by atoms with Gasteiger partial charge in [0.1, 0.15) is 22.3 Å². The molecule has 0 saturated heterocycles. The van der Waals surface area contributed by atoms with Gasteiger partial charge in [-0.15, -0.1) is 0 Å². The molecule has 0 aliphatic carbocycles. The first-order valence-electron chi connectivity index (χ1n) is 25.8. The van der Waals surface area contributed by atoms with Gasteiger partial charge in [0.05, 0.1) is 5.41 Å². The van der Waals surface area contributed by atoms with Crippen molar-refractivity contribution in [1.82, 2.24) is 0 Å². The van der Waals surface area contributed by atoms with Gasteiger partial charge in [-0.25, -0.2) is 0 Å². The third-order valence-electron chi connectivity index (χ3n) is 16.1. The van der Waals surface area contributed by atoms with Crippen LogP contribution in [-0.2, 0) is 10.8 Å². The molecule has 2 aromatic heterocycles. The summed E-state index contributed by atoms with van der Waals surface area (Å²) in [4.78, 5) is 4.97. The topological polar surface area (TPSA) is 32.8 Å². The highest BCUT2D eigenvalue weighted by Gasteiger charge is 2.52. The molecule has 2 aliphatic heterocycles. The van der Waals surface area contributed by atoms with Crippen molar-refractivity contribution in [3.05, 3.63) is 270 Å². The predicted octanol–water partition coefficient (Wildman–Crippen LogP) is 16.4. The molecule has 4 nitrogen and oxygen atoms in total. The van der Waals surface area contributed by atoms with Crippen molar-refractivity contribution in [2.75, 3.05) is 9.80 Å². The Morgan fingerprint density at radius 1 is 0.405 bits per heavy atom. The second-order valence-electron chi connectivity index (χ2n) is 21.2. The summed E-state index contributed by atoms with van der Waals surface area (Å²) in [5.41, 5.74) is 19.5. The first kappa shape index (κ1) is 42.6. The smallest absolute Gasteiger partial charge is 0.247 e.